The topological polar surface area (TPSA) is 9.23 Å². The highest BCUT2D eigenvalue weighted by Crippen LogP contribution is 1.99. The van der Waals surface area contributed by atoms with E-state index in [1.165, 1.54) is 6.26 Å². The summed E-state index contributed by atoms with van der Waals surface area (Å²) in [4.78, 5) is 0. The molecule has 48 valence electrons. The van der Waals surface area contributed by atoms with Crippen LogP contribution in [0.4, 0.5) is 0 Å². The van der Waals surface area contributed by atoms with Crippen LogP contribution in [0.15, 0.2) is 12.8 Å². The Morgan fingerprint density at radius 1 is 1.88 bits per heavy atom. The molecule has 0 N–H and O–H groups in total. The first-order chi connectivity index (χ1) is 3.85. The minimum absolute atomic E-state index is 0.147. The molecule has 0 saturated carbocycles. The van der Waals surface area contributed by atoms with Crippen molar-refractivity contribution >= 4 is 11.6 Å². The summed E-state index contributed by atoms with van der Waals surface area (Å²) in [6, 6.07) is 0. The van der Waals surface area contributed by atoms with E-state index in [0.29, 0.717) is 5.88 Å². The van der Waals surface area contributed by atoms with E-state index >= 15 is 0 Å². The van der Waals surface area contributed by atoms with Crippen LogP contribution in [-0.2, 0) is 4.74 Å². The molecule has 0 rings (SSSR count). The van der Waals surface area contributed by atoms with Gasteiger partial charge in [0.15, 0.2) is 0 Å². The highest BCUT2D eigenvalue weighted by Gasteiger charge is 1.99. The fourth-order valence-corrected chi connectivity index (χ4v) is 0.669. The first-order valence-corrected chi connectivity index (χ1v) is 3.21. The van der Waals surface area contributed by atoms with Crippen molar-refractivity contribution in [3.63, 3.8) is 0 Å². The molecule has 0 heterocycles. The molecule has 0 amide bonds. The molecule has 0 saturated heterocycles. The molecule has 1 unspecified atom stereocenters. The maximum atomic E-state index is 5.47. The van der Waals surface area contributed by atoms with E-state index in [9.17, 15) is 0 Å². The van der Waals surface area contributed by atoms with Gasteiger partial charge in [-0.05, 0) is 6.42 Å². The molecule has 0 spiro atoms. The third kappa shape index (κ3) is 2.92. The lowest BCUT2D eigenvalue weighted by atomic mass is 10.3. The molecule has 0 aromatic heterocycles. The molecule has 0 fully saturated rings. The lowest BCUT2D eigenvalue weighted by molar-refractivity contribution is 0.162. The Balaban J connectivity index is 3.20. The van der Waals surface area contributed by atoms with Gasteiger partial charge in [-0.1, -0.05) is 13.5 Å². The highest BCUT2D eigenvalue weighted by molar-refractivity contribution is 6.18. The average Bonchev–Trinajstić information content (AvgIpc) is 1.83. The lowest BCUT2D eigenvalue weighted by Crippen LogP contribution is -2.08. The zero-order chi connectivity index (χ0) is 6.41. The van der Waals surface area contributed by atoms with Crippen LogP contribution in [0.25, 0.3) is 0 Å². The van der Waals surface area contributed by atoms with Gasteiger partial charge < -0.3 is 4.74 Å². The number of alkyl halides is 1. The van der Waals surface area contributed by atoms with E-state index in [4.69, 9.17) is 16.3 Å². The molecular weight excluding hydrogens is 124 g/mol. The fourth-order valence-electron chi connectivity index (χ4n) is 0.378. The molecule has 0 aliphatic heterocycles. The van der Waals surface area contributed by atoms with Crippen LogP contribution in [0.2, 0.25) is 0 Å². The minimum atomic E-state index is 0.147. The van der Waals surface area contributed by atoms with Crippen molar-refractivity contribution in [2.75, 3.05) is 5.88 Å². The Kier molecular flexibility index (Phi) is 4.87. The van der Waals surface area contributed by atoms with E-state index in [1.54, 1.807) is 0 Å². The molecule has 8 heavy (non-hydrogen) atoms. The second-order valence-corrected chi connectivity index (χ2v) is 1.80. The SMILES string of the molecule is C=COC(CC)CCl. The van der Waals surface area contributed by atoms with Gasteiger partial charge in [0.1, 0.15) is 6.10 Å². The van der Waals surface area contributed by atoms with Crippen molar-refractivity contribution in [2.45, 2.75) is 19.4 Å². The van der Waals surface area contributed by atoms with Crippen LogP contribution in [0.1, 0.15) is 13.3 Å². The zero-order valence-electron chi connectivity index (χ0n) is 5.06. The highest BCUT2D eigenvalue weighted by atomic mass is 35.5. The van der Waals surface area contributed by atoms with Gasteiger partial charge in [-0.3, -0.25) is 0 Å². The molecule has 1 atom stereocenters. The van der Waals surface area contributed by atoms with Crippen molar-refractivity contribution in [3.8, 4) is 0 Å². The van der Waals surface area contributed by atoms with E-state index in [-0.39, 0.29) is 6.10 Å². The molecule has 0 aromatic rings. The van der Waals surface area contributed by atoms with Crippen LogP contribution in [-0.4, -0.2) is 12.0 Å². The maximum Gasteiger partial charge on any atom is 0.111 e. The van der Waals surface area contributed by atoms with Crippen molar-refractivity contribution in [1.82, 2.24) is 0 Å². The molecule has 2 heteroatoms. The van der Waals surface area contributed by atoms with Crippen molar-refractivity contribution in [3.05, 3.63) is 12.8 Å². The summed E-state index contributed by atoms with van der Waals surface area (Å²) in [5, 5.41) is 0. The third-order valence-corrected chi connectivity index (χ3v) is 1.26. The lowest BCUT2D eigenvalue weighted by Gasteiger charge is -2.08. The van der Waals surface area contributed by atoms with Gasteiger partial charge >= 0.3 is 0 Å². The van der Waals surface area contributed by atoms with Gasteiger partial charge in [0, 0.05) is 0 Å². The normalized spacial score (nSPS) is 12.8. The van der Waals surface area contributed by atoms with Crippen LogP contribution in [0, 0.1) is 0 Å². The van der Waals surface area contributed by atoms with E-state index in [1.807, 2.05) is 6.92 Å². The van der Waals surface area contributed by atoms with E-state index < -0.39 is 0 Å². The summed E-state index contributed by atoms with van der Waals surface area (Å²) >= 11 is 5.47. The quantitative estimate of drug-likeness (QED) is 0.423. The predicted molar refractivity (Wildman–Crippen MR) is 36.1 cm³/mol. The Morgan fingerprint density at radius 3 is 2.62 bits per heavy atom. The number of halogens is 1. The third-order valence-electron chi connectivity index (χ3n) is 0.916. The molecular formula is C6H11ClO. The molecule has 0 aromatic carbocycles. The summed E-state index contributed by atoms with van der Waals surface area (Å²) in [6.45, 7) is 5.44. The summed E-state index contributed by atoms with van der Waals surface area (Å²) < 4.78 is 4.97. The Bertz CT molecular complexity index is 59.5. The summed E-state index contributed by atoms with van der Waals surface area (Å²) in [5.41, 5.74) is 0. The van der Waals surface area contributed by atoms with Crippen molar-refractivity contribution < 1.29 is 4.74 Å². The molecule has 1 nitrogen and oxygen atoms in total. The maximum absolute atomic E-state index is 5.47. The second kappa shape index (κ2) is 4.98. The van der Waals surface area contributed by atoms with Gasteiger partial charge in [0.05, 0.1) is 12.1 Å². The van der Waals surface area contributed by atoms with Crippen LogP contribution in [0.5, 0.6) is 0 Å². The van der Waals surface area contributed by atoms with Crippen LogP contribution < -0.4 is 0 Å². The Hall–Kier alpha value is -0.170. The predicted octanol–water partition coefficient (Wildman–Crippen LogP) is 2.16. The number of hydrogen-bond donors (Lipinski definition) is 0. The van der Waals surface area contributed by atoms with E-state index in [0.717, 1.165) is 6.42 Å². The zero-order valence-corrected chi connectivity index (χ0v) is 5.82. The first-order valence-electron chi connectivity index (χ1n) is 2.67. The first kappa shape index (κ1) is 7.83. The van der Waals surface area contributed by atoms with Gasteiger partial charge in [-0.25, -0.2) is 0 Å². The van der Waals surface area contributed by atoms with E-state index in [2.05, 4.69) is 6.58 Å². The smallest absolute Gasteiger partial charge is 0.111 e. The number of hydrogen-bond acceptors (Lipinski definition) is 1. The van der Waals surface area contributed by atoms with Gasteiger partial charge in [-0.15, -0.1) is 11.6 Å². The van der Waals surface area contributed by atoms with Gasteiger partial charge in [0.25, 0.3) is 0 Å². The van der Waals surface area contributed by atoms with Crippen LogP contribution >= 0.6 is 11.6 Å². The van der Waals surface area contributed by atoms with Crippen molar-refractivity contribution in [1.29, 1.82) is 0 Å². The molecule has 0 bridgehead atoms. The van der Waals surface area contributed by atoms with Gasteiger partial charge in [-0.2, -0.15) is 0 Å². The number of ether oxygens (including phenoxy) is 1. The minimum Gasteiger partial charge on any atom is -0.497 e. The molecule has 0 aliphatic carbocycles. The number of rotatable bonds is 4. The fraction of sp³-hybridized carbons (Fsp3) is 0.667. The van der Waals surface area contributed by atoms with Crippen molar-refractivity contribution in [2.24, 2.45) is 0 Å². The summed E-state index contributed by atoms with van der Waals surface area (Å²) in [7, 11) is 0. The average molecular weight is 135 g/mol. The Morgan fingerprint density at radius 2 is 2.50 bits per heavy atom. The second-order valence-electron chi connectivity index (χ2n) is 1.49. The molecule has 0 radical (unpaired) electrons. The molecule has 0 aliphatic rings. The van der Waals surface area contributed by atoms with Crippen LogP contribution in [0.3, 0.4) is 0 Å². The van der Waals surface area contributed by atoms with Gasteiger partial charge in [0.2, 0.25) is 0 Å². The Labute approximate surface area is 55.3 Å². The largest absolute Gasteiger partial charge is 0.497 e. The standard InChI is InChI=1S/C6H11ClO/c1-3-6(5-7)8-4-2/h4,6H,2-3,5H2,1H3. The summed E-state index contributed by atoms with van der Waals surface area (Å²) in [6.07, 6.45) is 2.51. The monoisotopic (exact) mass is 134 g/mol. The summed E-state index contributed by atoms with van der Waals surface area (Å²) in [5.74, 6) is 0.544.